The first-order valence-electron chi connectivity index (χ1n) is 7.49. The summed E-state index contributed by atoms with van der Waals surface area (Å²) >= 11 is 1.79. The Hall–Kier alpha value is -0.620. The number of hydrogen-bond acceptors (Lipinski definition) is 5. The zero-order chi connectivity index (χ0) is 13.5. The molecule has 1 aromatic rings. The molecule has 1 fully saturated rings. The minimum atomic E-state index is 0.529. The summed E-state index contributed by atoms with van der Waals surface area (Å²) in [6.45, 7) is 5.42. The van der Waals surface area contributed by atoms with Crippen molar-refractivity contribution in [3.8, 4) is 0 Å². The molecular formula is C13H25N5S. The fraction of sp³-hybridized carbons (Fsp3) is 0.923. The van der Waals surface area contributed by atoms with Gasteiger partial charge in [0.05, 0.1) is 6.04 Å². The topological polar surface area (TPSA) is 55.6 Å². The summed E-state index contributed by atoms with van der Waals surface area (Å²) in [5.41, 5.74) is 0. The molecule has 1 aliphatic carbocycles. The lowest BCUT2D eigenvalue weighted by Gasteiger charge is -2.17. The number of nitrogens with one attached hydrogen (secondary N) is 1. The minimum Gasteiger partial charge on any atom is -0.313 e. The van der Waals surface area contributed by atoms with Gasteiger partial charge in [0.25, 0.3) is 0 Å². The number of nitrogens with zero attached hydrogens (tertiary/aromatic N) is 4. The lowest BCUT2D eigenvalue weighted by atomic mass is 10.2. The zero-order valence-corrected chi connectivity index (χ0v) is 12.8. The van der Waals surface area contributed by atoms with Crippen LogP contribution in [0.4, 0.5) is 0 Å². The molecule has 19 heavy (non-hydrogen) atoms. The van der Waals surface area contributed by atoms with Crippen LogP contribution in [0.3, 0.4) is 0 Å². The summed E-state index contributed by atoms with van der Waals surface area (Å²) in [7, 11) is 0. The molecule has 1 aromatic heterocycles. The molecule has 0 aromatic carbocycles. The number of hydrogen-bond donors (Lipinski definition) is 1. The van der Waals surface area contributed by atoms with Gasteiger partial charge in [-0.1, -0.05) is 44.9 Å². The molecule has 2 rings (SSSR count). The Morgan fingerprint density at radius 2 is 2.16 bits per heavy atom. The summed E-state index contributed by atoms with van der Waals surface area (Å²) < 4.78 is 2.05. The second kappa shape index (κ2) is 7.85. The van der Waals surface area contributed by atoms with Gasteiger partial charge in [-0.15, -0.1) is 5.10 Å². The van der Waals surface area contributed by atoms with Crippen LogP contribution in [-0.2, 0) is 0 Å². The first-order chi connectivity index (χ1) is 9.35. The van der Waals surface area contributed by atoms with E-state index in [0.717, 1.165) is 17.5 Å². The average molecular weight is 283 g/mol. The molecule has 0 spiro atoms. The summed E-state index contributed by atoms with van der Waals surface area (Å²) in [6.07, 6.45) is 7.50. The minimum absolute atomic E-state index is 0.529. The Morgan fingerprint density at radius 1 is 1.37 bits per heavy atom. The van der Waals surface area contributed by atoms with Crippen LogP contribution in [-0.4, -0.2) is 38.5 Å². The van der Waals surface area contributed by atoms with Crippen LogP contribution in [0.1, 0.15) is 58.4 Å². The summed E-state index contributed by atoms with van der Waals surface area (Å²) in [5, 5.41) is 16.8. The molecular weight excluding hydrogens is 258 g/mol. The van der Waals surface area contributed by atoms with Crippen molar-refractivity contribution in [3.63, 3.8) is 0 Å². The van der Waals surface area contributed by atoms with Gasteiger partial charge in [-0.2, -0.15) is 0 Å². The first kappa shape index (κ1) is 14.8. The van der Waals surface area contributed by atoms with Crippen molar-refractivity contribution in [3.05, 3.63) is 0 Å². The van der Waals surface area contributed by atoms with Crippen LogP contribution in [0.15, 0.2) is 5.16 Å². The number of rotatable bonds is 8. The molecule has 0 aliphatic heterocycles. The molecule has 1 N–H and O–H groups in total. The van der Waals surface area contributed by atoms with Crippen molar-refractivity contribution in [2.24, 2.45) is 0 Å². The van der Waals surface area contributed by atoms with Gasteiger partial charge in [-0.05, 0) is 36.2 Å². The van der Waals surface area contributed by atoms with Gasteiger partial charge in [0.2, 0.25) is 5.16 Å². The Morgan fingerprint density at radius 3 is 2.84 bits per heavy atom. The molecule has 0 radical (unpaired) electrons. The fourth-order valence-electron chi connectivity index (χ4n) is 2.72. The molecule has 6 heteroatoms. The molecule has 5 nitrogen and oxygen atoms in total. The van der Waals surface area contributed by atoms with E-state index in [4.69, 9.17) is 0 Å². The van der Waals surface area contributed by atoms with Gasteiger partial charge >= 0.3 is 0 Å². The third kappa shape index (κ3) is 4.18. The van der Waals surface area contributed by atoms with E-state index < -0.39 is 0 Å². The lowest BCUT2D eigenvalue weighted by Crippen LogP contribution is -2.31. The van der Waals surface area contributed by atoms with Crippen LogP contribution >= 0.6 is 11.8 Å². The molecule has 108 valence electrons. The number of thioether (sulfide) groups is 1. The molecule has 1 unspecified atom stereocenters. The van der Waals surface area contributed by atoms with Gasteiger partial charge in [-0.3, -0.25) is 0 Å². The van der Waals surface area contributed by atoms with Gasteiger partial charge in [0.15, 0.2) is 0 Å². The van der Waals surface area contributed by atoms with Crippen LogP contribution in [0.25, 0.3) is 0 Å². The largest absolute Gasteiger partial charge is 0.313 e. The molecule has 1 atom stereocenters. The van der Waals surface area contributed by atoms with Gasteiger partial charge < -0.3 is 5.32 Å². The Kier molecular flexibility index (Phi) is 6.10. The highest BCUT2D eigenvalue weighted by molar-refractivity contribution is 7.99. The average Bonchev–Trinajstić information content (AvgIpc) is 3.07. The molecule has 1 saturated carbocycles. The van der Waals surface area contributed by atoms with E-state index >= 15 is 0 Å². The predicted octanol–water partition coefficient (Wildman–Crippen LogP) is 2.66. The van der Waals surface area contributed by atoms with Crippen molar-refractivity contribution >= 4 is 11.8 Å². The van der Waals surface area contributed by atoms with Crippen molar-refractivity contribution in [2.45, 2.75) is 69.6 Å². The van der Waals surface area contributed by atoms with E-state index in [1.54, 1.807) is 11.8 Å². The SMILES string of the molecule is CCCC(CSc1nnnn1C1CCCC1)NCC. The van der Waals surface area contributed by atoms with E-state index in [1.165, 1.54) is 38.5 Å². The van der Waals surface area contributed by atoms with Crippen molar-refractivity contribution in [1.82, 2.24) is 25.5 Å². The summed E-state index contributed by atoms with van der Waals surface area (Å²) in [5.74, 6) is 1.05. The van der Waals surface area contributed by atoms with Crippen LogP contribution < -0.4 is 5.32 Å². The first-order valence-corrected chi connectivity index (χ1v) is 8.47. The van der Waals surface area contributed by atoms with Crippen molar-refractivity contribution < 1.29 is 0 Å². The quantitative estimate of drug-likeness (QED) is 0.743. The van der Waals surface area contributed by atoms with E-state index in [9.17, 15) is 0 Å². The summed E-state index contributed by atoms with van der Waals surface area (Å²) in [6, 6.07) is 1.09. The Balaban J connectivity index is 1.89. The van der Waals surface area contributed by atoms with Crippen LogP contribution in [0.5, 0.6) is 0 Å². The lowest BCUT2D eigenvalue weighted by molar-refractivity contribution is 0.422. The van der Waals surface area contributed by atoms with E-state index in [2.05, 4.69) is 34.7 Å². The maximum absolute atomic E-state index is 4.19. The zero-order valence-electron chi connectivity index (χ0n) is 12.0. The van der Waals surface area contributed by atoms with E-state index in [1.807, 2.05) is 4.68 Å². The normalized spacial score (nSPS) is 18.0. The van der Waals surface area contributed by atoms with Gasteiger partial charge in [0, 0.05) is 11.8 Å². The third-order valence-electron chi connectivity index (χ3n) is 3.68. The van der Waals surface area contributed by atoms with Gasteiger partial charge in [0.1, 0.15) is 0 Å². The van der Waals surface area contributed by atoms with Gasteiger partial charge in [-0.25, -0.2) is 4.68 Å². The Bertz CT molecular complexity index is 356. The molecule has 0 amide bonds. The monoisotopic (exact) mass is 283 g/mol. The Labute approximate surface area is 119 Å². The maximum Gasteiger partial charge on any atom is 0.209 e. The molecule has 0 saturated heterocycles. The van der Waals surface area contributed by atoms with Crippen molar-refractivity contribution in [2.75, 3.05) is 12.3 Å². The third-order valence-corrected chi connectivity index (χ3v) is 4.77. The van der Waals surface area contributed by atoms with E-state index in [-0.39, 0.29) is 0 Å². The van der Waals surface area contributed by atoms with E-state index in [0.29, 0.717) is 12.1 Å². The molecule has 1 heterocycles. The van der Waals surface area contributed by atoms with Crippen LogP contribution in [0, 0.1) is 0 Å². The fourth-order valence-corrected chi connectivity index (χ4v) is 3.76. The highest BCUT2D eigenvalue weighted by Gasteiger charge is 2.22. The smallest absolute Gasteiger partial charge is 0.209 e. The maximum atomic E-state index is 4.19. The second-order valence-electron chi connectivity index (χ2n) is 5.20. The highest BCUT2D eigenvalue weighted by atomic mass is 32.2. The predicted molar refractivity (Wildman–Crippen MR) is 78.4 cm³/mol. The molecule has 0 bridgehead atoms. The second-order valence-corrected chi connectivity index (χ2v) is 6.19. The standard InChI is InChI=1S/C13H25N5S/c1-3-7-11(14-4-2)10-19-13-15-16-17-18(13)12-8-5-6-9-12/h11-12,14H,3-10H2,1-2H3. The van der Waals surface area contributed by atoms with Crippen LogP contribution in [0.2, 0.25) is 0 Å². The summed E-state index contributed by atoms with van der Waals surface area (Å²) in [4.78, 5) is 0. The molecule has 1 aliphatic rings. The number of tetrazole rings is 1. The van der Waals surface area contributed by atoms with Crippen molar-refractivity contribution in [1.29, 1.82) is 0 Å². The highest BCUT2D eigenvalue weighted by Crippen LogP contribution is 2.31. The number of aromatic nitrogens is 4.